The predicted molar refractivity (Wildman–Crippen MR) is 110 cm³/mol. The molecule has 0 fully saturated rings. The Morgan fingerprint density at radius 1 is 0.786 bits per heavy atom. The van der Waals surface area contributed by atoms with Crippen LogP contribution in [0.4, 0.5) is 4.79 Å². The summed E-state index contributed by atoms with van der Waals surface area (Å²) >= 11 is 0. The Labute approximate surface area is 170 Å². The number of amides is 2. The molecule has 0 aromatic carbocycles. The van der Waals surface area contributed by atoms with Crippen molar-refractivity contribution in [2.75, 3.05) is 19.7 Å². The first kappa shape index (κ1) is 26.4. The SMILES string of the molecule is CCCCCCCCCCCCCCCCOC(=O)N(CC(=O)O)C(=O)CN. The fourth-order valence-electron chi connectivity index (χ4n) is 3.03. The molecule has 0 saturated carbocycles. The van der Waals surface area contributed by atoms with Gasteiger partial charge in [0.25, 0.3) is 0 Å². The lowest BCUT2D eigenvalue weighted by atomic mass is 10.0. The molecule has 2 amide bonds. The highest BCUT2D eigenvalue weighted by atomic mass is 16.6. The molecule has 0 spiro atoms. The molecule has 0 unspecified atom stereocenters. The molecule has 0 aliphatic heterocycles. The van der Waals surface area contributed by atoms with Crippen molar-refractivity contribution >= 4 is 18.0 Å². The normalized spacial score (nSPS) is 10.6. The van der Waals surface area contributed by atoms with Gasteiger partial charge in [-0.15, -0.1) is 0 Å². The van der Waals surface area contributed by atoms with Gasteiger partial charge in [-0.25, -0.2) is 9.69 Å². The van der Waals surface area contributed by atoms with Gasteiger partial charge in [0.2, 0.25) is 5.91 Å². The fourth-order valence-corrected chi connectivity index (χ4v) is 3.03. The van der Waals surface area contributed by atoms with E-state index in [2.05, 4.69) is 6.92 Å². The first-order valence-corrected chi connectivity index (χ1v) is 10.9. The minimum absolute atomic E-state index is 0.185. The number of nitrogens with two attached hydrogens (primary N) is 1. The van der Waals surface area contributed by atoms with Crippen LogP contribution < -0.4 is 5.73 Å². The Morgan fingerprint density at radius 2 is 1.21 bits per heavy atom. The molecule has 0 aliphatic rings. The van der Waals surface area contributed by atoms with E-state index in [-0.39, 0.29) is 6.61 Å². The van der Waals surface area contributed by atoms with Crippen LogP contribution in [0.3, 0.4) is 0 Å². The van der Waals surface area contributed by atoms with Crippen molar-refractivity contribution in [3.8, 4) is 0 Å². The summed E-state index contributed by atoms with van der Waals surface area (Å²) in [7, 11) is 0. The molecule has 28 heavy (non-hydrogen) atoms. The number of hydrogen-bond donors (Lipinski definition) is 2. The maximum absolute atomic E-state index is 11.8. The molecule has 3 N–H and O–H groups in total. The highest BCUT2D eigenvalue weighted by molar-refractivity contribution is 5.95. The van der Waals surface area contributed by atoms with Crippen molar-refractivity contribution in [3.05, 3.63) is 0 Å². The predicted octanol–water partition coefficient (Wildman–Crippen LogP) is 4.48. The molecule has 0 aromatic heterocycles. The Morgan fingerprint density at radius 3 is 1.61 bits per heavy atom. The summed E-state index contributed by atoms with van der Waals surface area (Å²) in [6.07, 6.45) is 16.4. The van der Waals surface area contributed by atoms with Crippen LogP contribution in [0.15, 0.2) is 0 Å². The Hall–Kier alpha value is -1.63. The number of carboxylic acid groups (broad SMARTS) is 1. The third-order valence-corrected chi connectivity index (χ3v) is 4.71. The number of carbonyl (C=O) groups is 3. The maximum atomic E-state index is 11.8. The lowest BCUT2D eigenvalue weighted by Gasteiger charge is -2.17. The molecule has 164 valence electrons. The van der Waals surface area contributed by atoms with E-state index in [0.29, 0.717) is 11.3 Å². The van der Waals surface area contributed by atoms with Gasteiger partial charge in [0.15, 0.2) is 0 Å². The van der Waals surface area contributed by atoms with Gasteiger partial charge in [0.1, 0.15) is 6.54 Å². The number of ether oxygens (including phenoxy) is 1. The maximum Gasteiger partial charge on any atom is 0.417 e. The van der Waals surface area contributed by atoms with Gasteiger partial charge >= 0.3 is 12.1 Å². The van der Waals surface area contributed by atoms with E-state index in [0.717, 1.165) is 12.8 Å². The van der Waals surface area contributed by atoms with Gasteiger partial charge in [0, 0.05) is 0 Å². The number of hydrogen-bond acceptors (Lipinski definition) is 5. The topological polar surface area (TPSA) is 110 Å². The molecule has 0 atom stereocenters. The molecule has 7 nitrogen and oxygen atoms in total. The monoisotopic (exact) mass is 400 g/mol. The number of unbranched alkanes of at least 4 members (excludes halogenated alkanes) is 13. The second-order valence-corrected chi connectivity index (χ2v) is 7.29. The van der Waals surface area contributed by atoms with Gasteiger partial charge in [-0.1, -0.05) is 90.4 Å². The van der Waals surface area contributed by atoms with Crippen LogP contribution in [0, 0.1) is 0 Å². The zero-order valence-corrected chi connectivity index (χ0v) is 17.6. The molecular weight excluding hydrogens is 360 g/mol. The summed E-state index contributed by atoms with van der Waals surface area (Å²) in [6, 6.07) is 0. The third kappa shape index (κ3) is 15.4. The molecular formula is C21H40N2O5. The molecule has 0 bridgehead atoms. The Kier molecular flexibility index (Phi) is 17.6. The number of aliphatic carboxylic acids is 1. The van der Waals surface area contributed by atoms with Gasteiger partial charge in [-0.2, -0.15) is 0 Å². The smallest absolute Gasteiger partial charge is 0.417 e. The number of carbonyl (C=O) groups excluding carboxylic acids is 2. The van der Waals surface area contributed by atoms with Crippen molar-refractivity contribution in [3.63, 3.8) is 0 Å². The molecule has 7 heteroatoms. The van der Waals surface area contributed by atoms with Crippen LogP contribution in [-0.2, 0) is 14.3 Å². The number of nitrogens with zero attached hydrogens (tertiary/aromatic N) is 1. The zero-order chi connectivity index (χ0) is 21.0. The molecule has 0 radical (unpaired) electrons. The average Bonchev–Trinajstić information content (AvgIpc) is 2.68. The second-order valence-electron chi connectivity index (χ2n) is 7.29. The van der Waals surface area contributed by atoms with E-state index < -0.39 is 31.1 Å². The first-order valence-electron chi connectivity index (χ1n) is 10.9. The first-order chi connectivity index (χ1) is 13.5. The molecule has 0 rings (SSSR count). The van der Waals surface area contributed by atoms with E-state index in [9.17, 15) is 14.4 Å². The van der Waals surface area contributed by atoms with E-state index in [1.165, 1.54) is 70.6 Å². The van der Waals surface area contributed by atoms with Gasteiger partial charge < -0.3 is 15.6 Å². The lowest BCUT2D eigenvalue weighted by Crippen LogP contribution is -2.44. The largest absolute Gasteiger partial charge is 0.480 e. The van der Waals surface area contributed by atoms with E-state index >= 15 is 0 Å². The highest BCUT2D eigenvalue weighted by Gasteiger charge is 2.24. The van der Waals surface area contributed by atoms with E-state index in [1.807, 2.05) is 0 Å². The average molecular weight is 401 g/mol. The third-order valence-electron chi connectivity index (χ3n) is 4.71. The molecule has 0 aromatic rings. The van der Waals surface area contributed by atoms with Crippen LogP contribution in [0.1, 0.15) is 96.8 Å². The Bertz CT molecular complexity index is 429. The Balaban J connectivity index is 3.52. The van der Waals surface area contributed by atoms with Crippen molar-refractivity contribution < 1.29 is 24.2 Å². The quantitative estimate of drug-likeness (QED) is 0.328. The van der Waals surface area contributed by atoms with Crippen molar-refractivity contribution in [2.24, 2.45) is 5.73 Å². The number of imide groups is 1. The van der Waals surface area contributed by atoms with Gasteiger partial charge in [-0.05, 0) is 6.42 Å². The van der Waals surface area contributed by atoms with Crippen LogP contribution in [0.5, 0.6) is 0 Å². The number of carboxylic acids is 1. The molecule has 0 saturated heterocycles. The lowest BCUT2D eigenvalue weighted by molar-refractivity contribution is -0.142. The van der Waals surface area contributed by atoms with Crippen molar-refractivity contribution in [1.82, 2.24) is 4.90 Å². The minimum Gasteiger partial charge on any atom is -0.480 e. The van der Waals surface area contributed by atoms with Crippen LogP contribution in [-0.4, -0.2) is 47.7 Å². The van der Waals surface area contributed by atoms with E-state index in [4.69, 9.17) is 15.6 Å². The van der Waals surface area contributed by atoms with Crippen LogP contribution in [0.2, 0.25) is 0 Å². The highest BCUT2D eigenvalue weighted by Crippen LogP contribution is 2.13. The summed E-state index contributed by atoms with van der Waals surface area (Å²) < 4.78 is 4.98. The summed E-state index contributed by atoms with van der Waals surface area (Å²) in [5, 5.41) is 8.74. The summed E-state index contributed by atoms with van der Waals surface area (Å²) in [6.45, 7) is 1.27. The standard InChI is InChI=1S/C21H40N2O5/c1-2-3-4-5-6-7-8-9-10-11-12-13-14-15-16-28-21(27)23(18-20(25)26)19(24)17-22/h2-18,22H2,1H3,(H,25,26). The summed E-state index contributed by atoms with van der Waals surface area (Å²) in [5.41, 5.74) is 5.18. The minimum atomic E-state index is -1.28. The molecule has 0 aliphatic carbocycles. The van der Waals surface area contributed by atoms with Crippen LogP contribution >= 0.6 is 0 Å². The van der Waals surface area contributed by atoms with Crippen molar-refractivity contribution in [2.45, 2.75) is 96.8 Å². The van der Waals surface area contributed by atoms with Crippen LogP contribution in [0.25, 0.3) is 0 Å². The summed E-state index contributed by atoms with van der Waals surface area (Å²) in [5.74, 6) is -2.04. The second kappa shape index (κ2) is 18.7. The summed E-state index contributed by atoms with van der Waals surface area (Å²) in [4.78, 5) is 34.5. The number of rotatable bonds is 18. The fraction of sp³-hybridized carbons (Fsp3) is 0.857. The molecule has 0 heterocycles. The zero-order valence-electron chi connectivity index (χ0n) is 17.6. The van der Waals surface area contributed by atoms with Crippen molar-refractivity contribution in [1.29, 1.82) is 0 Å². The van der Waals surface area contributed by atoms with Gasteiger partial charge in [0.05, 0.1) is 13.2 Å². The van der Waals surface area contributed by atoms with E-state index in [1.54, 1.807) is 0 Å². The van der Waals surface area contributed by atoms with Gasteiger partial charge in [-0.3, -0.25) is 9.59 Å².